The maximum atomic E-state index is 5.93. The van der Waals surface area contributed by atoms with Gasteiger partial charge in [-0.1, -0.05) is 60.4 Å². The molecule has 0 saturated heterocycles. The zero-order valence-electron chi connectivity index (χ0n) is 23.0. The minimum atomic E-state index is 0.221. The van der Waals surface area contributed by atoms with E-state index in [0.29, 0.717) is 52.9 Å². The Hall–Kier alpha value is -4.40. The van der Waals surface area contributed by atoms with Gasteiger partial charge in [0.05, 0.1) is 39.6 Å². The standard InChI is InChI=1S/C34H34O7/c1-3-17-38-31-13-5-11-29-27(31)9-7-15-33(29)40-25-23-36-21-19-35-20-22-37-24-26-41-34-16-8-10-28-30(34)12-6-14-32(28)39-18-4-2/h1-2,5-16H,17-26H2. The Morgan fingerprint density at radius 3 is 1.00 bits per heavy atom. The number of hydrogen-bond donors (Lipinski definition) is 0. The fourth-order valence-electron chi connectivity index (χ4n) is 4.21. The number of benzene rings is 4. The van der Waals surface area contributed by atoms with E-state index < -0.39 is 0 Å². The summed E-state index contributed by atoms with van der Waals surface area (Å²) in [7, 11) is 0. The first-order valence-corrected chi connectivity index (χ1v) is 13.5. The fourth-order valence-corrected chi connectivity index (χ4v) is 4.21. The third-order valence-electron chi connectivity index (χ3n) is 6.02. The highest BCUT2D eigenvalue weighted by molar-refractivity contribution is 5.93. The molecule has 4 aromatic rings. The van der Waals surface area contributed by atoms with Crippen LogP contribution in [0, 0.1) is 24.7 Å². The second-order valence-electron chi connectivity index (χ2n) is 8.73. The lowest BCUT2D eigenvalue weighted by Gasteiger charge is -2.12. The molecule has 4 rings (SSSR count). The zero-order chi connectivity index (χ0) is 28.5. The van der Waals surface area contributed by atoms with E-state index in [4.69, 9.17) is 46.0 Å². The highest BCUT2D eigenvalue weighted by Gasteiger charge is 2.08. The van der Waals surface area contributed by atoms with Gasteiger partial charge < -0.3 is 33.2 Å². The molecule has 0 aliphatic carbocycles. The van der Waals surface area contributed by atoms with Crippen LogP contribution in [0.1, 0.15) is 0 Å². The third kappa shape index (κ3) is 8.79. The van der Waals surface area contributed by atoms with E-state index in [1.807, 2.05) is 72.8 Å². The van der Waals surface area contributed by atoms with Gasteiger partial charge >= 0.3 is 0 Å². The largest absolute Gasteiger partial charge is 0.491 e. The van der Waals surface area contributed by atoms with Crippen LogP contribution in [0.15, 0.2) is 72.8 Å². The molecule has 0 aromatic heterocycles. The number of fused-ring (bicyclic) bond motifs is 2. The zero-order valence-corrected chi connectivity index (χ0v) is 23.0. The van der Waals surface area contributed by atoms with Crippen LogP contribution in [0.2, 0.25) is 0 Å². The van der Waals surface area contributed by atoms with Crippen LogP contribution < -0.4 is 18.9 Å². The average molecular weight is 555 g/mol. The second kappa shape index (κ2) is 16.6. The van der Waals surface area contributed by atoms with E-state index in [2.05, 4.69) is 11.8 Å². The molecule has 0 bridgehead atoms. The predicted octanol–water partition coefficient (Wildman–Crippen LogP) is 5.52. The Morgan fingerprint density at radius 2 is 0.683 bits per heavy atom. The van der Waals surface area contributed by atoms with E-state index >= 15 is 0 Å². The summed E-state index contributed by atoms with van der Waals surface area (Å²) >= 11 is 0. The molecule has 0 spiro atoms. The van der Waals surface area contributed by atoms with Crippen LogP contribution in [-0.2, 0) is 14.2 Å². The van der Waals surface area contributed by atoms with Gasteiger partial charge in [0.2, 0.25) is 0 Å². The highest BCUT2D eigenvalue weighted by atomic mass is 16.6. The molecule has 41 heavy (non-hydrogen) atoms. The Morgan fingerprint density at radius 1 is 0.390 bits per heavy atom. The van der Waals surface area contributed by atoms with E-state index in [1.54, 1.807) is 0 Å². The van der Waals surface area contributed by atoms with Crippen LogP contribution in [0.5, 0.6) is 23.0 Å². The van der Waals surface area contributed by atoms with Crippen molar-refractivity contribution < 1.29 is 33.2 Å². The van der Waals surface area contributed by atoms with Crippen LogP contribution in [0.4, 0.5) is 0 Å². The van der Waals surface area contributed by atoms with Crippen LogP contribution >= 0.6 is 0 Å². The summed E-state index contributed by atoms with van der Waals surface area (Å²) in [5, 5.41) is 3.84. The van der Waals surface area contributed by atoms with Crippen LogP contribution in [0.3, 0.4) is 0 Å². The van der Waals surface area contributed by atoms with Crippen molar-refractivity contribution in [1.29, 1.82) is 0 Å². The quantitative estimate of drug-likeness (QED) is 0.118. The normalized spacial score (nSPS) is 10.7. The van der Waals surface area contributed by atoms with Crippen molar-refractivity contribution in [1.82, 2.24) is 0 Å². The maximum Gasteiger partial charge on any atom is 0.148 e. The van der Waals surface area contributed by atoms with Gasteiger partial charge in [0.25, 0.3) is 0 Å². The fraction of sp³-hybridized carbons (Fsp3) is 0.294. The van der Waals surface area contributed by atoms with Gasteiger partial charge in [-0.2, -0.15) is 0 Å². The molecular formula is C34H34O7. The molecule has 4 aromatic carbocycles. The van der Waals surface area contributed by atoms with Gasteiger partial charge in [0, 0.05) is 21.5 Å². The Kier molecular flexibility index (Phi) is 12.0. The Balaban J connectivity index is 1.05. The number of hydrogen-bond acceptors (Lipinski definition) is 7. The molecule has 212 valence electrons. The Bertz CT molecular complexity index is 1360. The third-order valence-corrected chi connectivity index (χ3v) is 6.02. The van der Waals surface area contributed by atoms with Gasteiger partial charge in [-0.3, -0.25) is 0 Å². The minimum absolute atomic E-state index is 0.221. The van der Waals surface area contributed by atoms with E-state index in [9.17, 15) is 0 Å². The smallest absolute Gasteiger partial charge is 0.148 e. The minimum Gasteiger partial charge on any atom is -0.491 e. The van der Waals surface area contributed by atoms with E-state index in [1.165, 1.54) is 0 Å². The SMILES string of the molecule is C#CCOc1cccc2c(OCCOCCOCCOCCOc3cccc4c(OCC#C)cccc34)cccc12. The van der Waals surface area contributed by atoms with Crippen molar-refractivity contribution >= 4 is 21.5 Å². The molecule has 0 atom stereocenters. The molecular weight excluding hydrogens is 520 g/mol. The van der Waals surface area contributed by atoms with Crippen molar-refractivity contribution in [2.24, 2.45) is 0 Å². The number of terminal acetylenes is 2. The summed E-state index contributed by atoms with van der Waals surface area (Å²) in [5.74, 6) is 8.00. The van der Waals surface area contributed by atoms with Crippen molar-refractivity contribution in [2.75, 3.05) is 66.1 Å². The topological polar surface area (TPSA) is 64.6 Å². The molecule has 0 aliphatic rings. The van der Waals surface area contributed by atoms with E-state index in [-0.39, 0.29) is 13.2 Å². The molecule has 0 saturated carbocycles. The summed E-state index contributed by atoms with van der Waals surface area (Å²) in [6, 6.07) is 23.3. The maximum absolute atomic E-state index is 5.93. The lowest BCUT2D eigenvalue weighted by Crippen LogP contribution is -2.14. The van der Waals surface area contributed by atoms with Crippen LogP contribution in [0.25, 0.3) is 21.5 Å². The number of ether oxygens (including phenoxy) is 7. The van der Waals surface area contributed by atoms with Crippen molar-refractivity contribution in [3.8, 4) is 47.7 Å². The van der Waals surface area contributed by atoms with Gasteiger partial charge in [0.15, 0.2) is 0 Å². The monoisotopic (exact) mass is 554 g/mol. The Labute approximate surface area is 241 Å². The molecule has 0 radical (unpaired) electrons. The lowest BCUT2D eigenvalue weighted by molar-refractivity contribution is 0.00512. The van der Waals surface area contributed by atoms with Crippen LogP contribution in [-0.4, -0.2) is 66.1 Å². The molecule has 0 fully saturated rings. The average Bonchev–Trinajstić information content (AvgIpc) is 3.01. The van der Waals surface area contributed by atoms with Gasteiger partial charge in [-0.05, 0) is 24.3 Å². The highest BCUT2D eigenvalue weighted by Crippen LogP contribution is 2.33. The first-order chi connectivity index (χ1) is 20.3. The van der Waals surface area contributed by atoms with Crippen molar-refractivity contribution in [3.63, 3.8) is 0 Å². The molecule has 0 N–H and O–H groups in total. The molecule has 0 unspecified atom stereocenters. The summed E-state index contributed by atoms with van der Waals surface area (Å²) in [4.78, 5) is 0. The van der Waals surface area contributed by atoms with Crippen molar-refractivity contribution in [3.05, 3.63) is 72.8 Å². The summed E-state index contributed by atoms with van der Waals surface area (Å²) in [6.45, 7) is 4.09. The predicted molar refractivity (Wildman–Crippen MR) is 160 cm³/mol. The second-order valence-corrected chi connectivity index (χ2v) is 8.73. The number of rotatable bonds is 18. The first kappa shape index (κ1) is 29.6. The molecule has 7 nitrogen and oxygen atoms in total. The van der Waals surface area contributed by atoms with Gasteiger partial charge in [-0.15, -0.1) is 12.8 Å². The van der Waals surface area contributed by atoms with Gasteiger partial charge in [-0.25, -0.2) is 0 Å². The van der Waals surface area contributed by atoms with E-state index in [0.717, 1.165) is 44.5 Å². The first-order valence-electron chi connectivity index (χ1n) is 13.5. The molecule has 7 heteroatoms. The summed E-state index contributed by atoms with van der Waals surface area (Å²) in [6.07, 6.45) is 10.6. The van der Waals surface area contributed by atoms with Crippen molar-refractivity contribution in [2.45, 2.75) is 0 Å². The lowest BCUT2D eigenvalue weighted by atomic mass is 10.1. The van der Waals surface area contributed by atoms with Gasteiger partial charge in [0.1, 0.15) is 49.4 Å². The molecule has 0 aliphatic heterocycles. The molecule has 0 amide bonds. The summed E-state index contributed by atoms with van der Waals surface area (Å²) in [5.41, 5.74) is 0. The molecule has 0 heterocycles. The summed E-state index contributed by atoms with van der Waals surface area (Å²) < 4.78 is 40.0.